The van der Waals surface area contributed by atoms with E-state index in [-0.39, 0.29) is 22.7 Å². The largest absolute Gasteiger partial charge is 0.326 e. The van der Waals surface area contributed by atoms with Gasteiger partial charge in [0.15, 0.2) is 0 Å². The van der Waals surface area contributed by atoms with Crippen LogP contribution in [0, 0.1) is 5.92 Å². The maximum Gasteiger partial charge on any atom is 0.308 e. The van der Waals surface area contributed by atoms with Crippen LogP contribution in [0.15, 0.2) is 23.0 Å². The fraction of sp³-hybridized carbons (Fsp3) is 0.529. The van der Waals surface area contributed by atoms with Gasteiger partial charge in [-0.25, -0.2) is 0 Å². The maximum atomic E-state index is 12.3. The number of benzene rings is 1. The minimum absolute atomic E-state index is 0.0563. The summed E-state index contributed by atoms with van der Waals surface area (Å²) < 4.78 is 2.73. The molecule has 1 aromatic heterocycles. The molecular weight excluding hydrogens is 296 g/mol. The molecule has 1 aliphatic carbocycles. The summed E-state index contributed by atoms with van der Waals surface area (Å²) in [5.74, 6) is 0.262. The van der Waals surface area contributed by atoms with Gasteiger partial charge < -0.3 is 5.32 Å². The fourth-order valence-electron chi connectivity index (χ4n) is 3.21. The van der Waals surface area contributed by atoms with Crippen LogP contribution in [0.2, 0.25) is 0 Å². The summed E-state index contributed by atoms with van der Waals surface area (Å²) in [5.41, 5.74) is 1.74. The monoisotopic (exact) mass is 318 g/mol. The van der Waals surface area contributed by atoms with E-state index in [1.807, 2.05) is 32.0 Å². The molecule has 4 nitrogen and oxygen atoms in total. The number of thiazole rings is 1. The molecule has 1 N–H and O–H groups in total. The van der Waals surface area contributed by atoms with Gasteiger partial charge in [-0.3, -0.25) is 14.2 Å². The molecule has 3 rings (SSSR count). The van der Waals surface area contributed by atoms with Crippen LogP contribution in [-0.4, -0.2) is 10.5 Å². The van der Waals surface area contributed by atoms with Crippen molar-refractivity contribution in [3.8, 4) is 0 Å². The highest BCUT2D eigenvalue weighted by Gasteiger charge is 2.21. The van der Waals surface area contributed by atoms with E-state index in [0.29, 0.717) is 0 Å². The normalized spacial score (nSPS) is 16.3. The predicted octanol–water partition coefficient (Wildman–Crippen LogP) is 4.16. The van der Waals surface area contributed by atoms with Gasteiger partial charge in [0.05, 0.1) is 10.2 Å². The Morgan fingerprint density at radius 3 is 2.68 bits per heavy atom. The van der Waals surface area contributed by atoms with Crippen LogP contribution in [0.5, 0.6) is 0 Å². The topological polar surface area (TPSA) is 51.1 Å². The van der Waals surface area contributed by atoms with E-state index in [9.17, 15) is 9.59 Å². The molecule has 2 aromatic rings. The van der Waals surface area contributed by atoms with Crippen LogP contribution in [0.25, 0.3) is 10.2 Å². The SMILES string of the molecule is CC(C)n1c(=O)sc2cc(NC(=O)C3CCCCC3)ccc21. The van der Waals surface area contributed by atoms with Gasteiger partial charge in [-0.05, 0) is 44.9 Å². The number of nitrogens with one attached hydrogen (secondary N) is 1. The third-order valence-corrected chi connectivity index (χ3v) is 5.29. The van der Waals surface area contributed by atoms with Crippen molar-refractivity contribution in [3.63, 3.8) is 0 Å². The summed E-state index contributed by atoms with van der Waals surface area (Å²) in [6.45, 7) is 4.01. The van der Waals surface area contributed by atoms with E-state index in [0.717, 1.165) is 41.6 Å². The third kappa shape index (κ3) is 2.95. The number of rotatable bonds is 3. The number of amides is 1. The predicted molar refractivity (Wildman–Crippen MR) is 91.7 cm³/mol. The summed E-state index contributed by atoms with van der Waals surface area (Å²) in [7, 11) is 0. The van der Waals surface area contributed by atoms with Crippen LogP contribution < -0.4 is 10.2 Å². The molecule has 118 valence electrons. The maximum absolute atomic E-state index is 12.3. The summed E-state index contributed by atoms with van der Waals surface area (Å²) >= 11 is 1.24. The van der Waals surface area contributed by atoms with Crippen LogP contribution in [0.3, 0.4) is 0 Å². The van der Waals surface area contributed by atoms with Crippen LogP contribution >= 0.6 is 11.3 Å². The molecule has 0 atom stereocenters. The number of anilines is 1. The van der Waals surface area contributed by atoms with E-state index in [2.05, 4.69) is 5.32 Å². The Balaban J connectivity index is 1.83. The molecule has 1 fully saturated rings. The molecule has 0 aliphatic heterocycles. The zero-order chi connectivity index (χ0) is 15.7. The number of aromatic nitrogens is 1. The molecule has 1 saturated carbocycles. The third-order valence-electron chi connectivity index (χ3n) is 4.37. The van der Waals surface area contributed by atoms with Crippen molar-refractivity contribution < 1.29 is 4.79 Å². The zero-order valence-electron chi connectivity index (χ0n) is 13.1. The van der Waals surface area contributed by atoms with Crippen molar-refractivity contribution in [2.45, 2.75) is 52.0 Å². The van der Waals surface area contributed by atoms with Crippen molar-refractivity contribution in [2.75, 3.05) is 5.32 Å². The number of hydrogen-bond donors (Lipinski definition) is 1. The number of carbonyl (C=O) groups excluding carboxylic acids is 1. The molecule has 0 spiro atoms. The number of hydrogen-bond acceptors (Lipinski definition) is 3. The van der Waals surface area contributed by atoms with Gasteiger partial charge in [-0.2, -0.15) is 0 Å². The van der Waals surface area contributed by atoms with Gasteiger partial charge in [0.25, 0.3) is 0 Å². The van der Waals surface area contributed by atoms with E-state index in [1.54, 1.807) is 4.57 Å². The molecule has 1 heterocycles. The Hall–Kier alpha value is -1.62. The van der Waals surface area contributed by atoms with Crippen molar-refractivity contribution in [2.24, 2.45) is 5.92 Å². The van der Waals surface area contributed by atoms with E-state index in [4.69, 9.17) is 0 Å². The smallest absolute Gasteiger partial charge is 0.308 e. The molecule has 5 heteroatoms. The minimum atomic E-state index is 0.0563. The van der Waals surface area contributed by atoms with Gasteiger partial charge in [0.2, 0.25) is 5.91 Å². The van der Waals surface area contributed by atoms with Crippen LogP contribution in [0.4, 0.5) is 5.69 Å². The minimum Gasteiger partial charge on any atom is -0.326 e. The molecule has 0 bridgehead atoms. The number of nitrogens with zero attached hydrogens (tertiary/aromatic N) is 1. The quantitative estimate of drug-likeness (QED) is 0.923. The van der Waals surface area contributed by atoms with Crippen molar-refractivity contribution in [3.05, 3.63) is 27.9 Å². The summed E-state index contributed by atoms with van der Waals surface area (Å²) in [4.78, 5) is 24.4. The van der Waals surface area contributed by atoms with Gasteiger partial charge in [0.1, 0.15) is 0 Å². The Bertz CT molecular complexity index is 739. The molecule has 0 saturated heterocycles. The second-order valence-electron chi connectivity index (χ2n) is 6.34. The van der Waals surface area contributed by atoms with Gasteiger partial charge in [0, 0.05) is 17.6 Å². The van der Waals surface area contributed by atoms with Gasteiger partial charge in [-0.15, -0.1) is 0 Å². The first-order valence-electron chi connectivity index (χ1n) is 8.02. The summed E-state index contributed by atoms with van der Waals surface area (Å²) in [5, 5.41) is 3.02. The first-order valence-corrected chi connectivity index (χ1v) is 8.84. The van der Waals surface area contributed by atoms with Gasteiger partial charge >= 0.3 is 4.87 Å². The lowest BCUT2D eigenvalue weighted by molar-refractivity contribution is -0.120. The van der Waals surface area contributed by atoms with E-state index >= 15 is 0 Å². The highest BCUT2D eigenvalue weighted by atomic mass is 32.1. The number of carbonyl (C=O) groups is 1. The first kappa shape index (κ1) is 15.3. The first-order chi connectivity index (χ1) is 10.6. The molecular formula is C17H22N2O2S. The Kier molecular flexibility index (Phi) is 4.34. The lowest BCUT2D eigenvalue weighted by Crippen LogP contribution is -2.24. The lowest BCUT2D eigenvalue weighted by Gasteiger charge is -2.20. The van der Waals surface area contributed by atoms with E-state index in [1.165, 1.54) is 17.8 Å². The second kappa shape index (κ2) is 6.24. The van der Waals surface area contributed by atoms with Crippen molar-refractivity contribution in [1.82, 2.24) is 4.57 Å². The standard InChI is InChI=1S/C17H22N2O2S/c1-11(2)19-14-9-8-13(10-15(14)22-17(19)21)18-16(20)12-6-4-3-5-7-12/h8-12H,3-7H2,1-2H3,(H,18,20). The molecule has 22 heavy (non-hydrogen) atoms. The highest BCUT2D eigenvalue weighted by molar-refractivity contribution is 7.16. The Labute approximate surface area is 134 Å². The average Bonchev–Trinajstić information content (AvgIpc) is 2.83. The molecule has 0 unspecified atom stereocenters. The van der Waals surface area contributed by atoms with E-state index < -0.39 is 0 Å². The Morgan fingerprint density at radius 1 is 1.27 bits per heavy atom. The molecule has 0 radical (unpaired) electrons. The lowest BCUT2D eigenvalue weighted by atomic mass is 9.88. The second-order valence-corrected chi connectivity index (χ2v) is 7.33. The fourth-order valence-corrected chi connectivity index (χ4v) is 4.26. The number of fused-ring (bicyclic) bond motifs is 1. The Morgan fingerprint density at radius 2 is 2.00 bits per heavy atom. The van der Waals surface area contributed by atoms with Crippen molar-refractivity contribution >= 4 is 33.1 Å². The summed E-state index contributed by atoms with van der Waals surface area (Å²) in [6, 6.07) is 5.89. The average molecular weight is 318 g/mol. The zero-order valence-corrected chi connectivity index (χ0v) is 13.9. The molecule has 1 aromatic carbocycles. The molecule has 1 aliphatic rings. The molecule has 1 amide bonds. The van der Waals surface area contributed by atoms with Crippen molar-refractivity contribution in [1.29, 1.82) is 0 Å². The summed E-state index contributed by atoms with van der Waals surface area (Å²) in [6.07, 6.45) is 5.52. The van der Waals surface area contributed by atoms with Gasteiger partial charge in [-0.1, -0.05) is 30.6 Å². The highest BCUT2D eigenvalue weighted by Crippen LogP contribution is 2.27. The van der Waals surface area contributed by atoms with Crippen LogP contribution in [0.1, 0.15) is 52.0 Å². The van der Waals surface area contributed by atoms with Crippen LogP contribution in [-0.2, 0) is 4.79 Å².